The third-order valence-corrected chi connectivity index (χ3v) is 3.13. The van der Waals surface area contributed by atoms with Gasteiger partial charge in [0.15, 0.2) is 6.61 Å². The highest BCUT2D eigenvalue weighted by molar-refractivity contribution is 9.10. The Kier molecular flexibility index (Phi) is 7.22. The smallest absolute Gasteiger partial charge is 0.308 e. The molecule has 0 aliphatic rings. The van der Waals surface area contributed by atoms with E-state index in [4.69, 9.17) is 4.74 Å². The number of hydrogen-bond acceptors (Lipinski definition) is 4. The molecule has 0 saturated heterocycles. The predicted octanol–water partition coefficient (Wildman–Crippen LogP) is 2.03. The number of esters is 1. The molecule has 0 fully saturated rings. The minimum absolute atomic E-state index is 0.00503. The second kappa shape index (κ2) is 8.67. The summed E-state index contributed by atoms with van der Waals surface area (Å²) in [5.41, 5.74) is 0.133. The van der Waals surface area contributed by atoms with Crippen LogP contribution < -0.4 is 10.6 Å². The van der Waals surface area contributed by atoms with Gasteiger partial charge in [-0.25, -0.2) is 0 Å². The second-order valence-corrected chi connectivity index (χ2v) is 6.89. The van der Waals surface area contributed by atoms with Crippen molar-refractivity contribution in [3.05, 3.63) is 34.3 Å². The molecule has 0 heterocycles. The van der Waals surface area contributed by atoms with Gasteiger partial charge in [-0.05, 0) is 45.0 Å². The Hall–Kier alpha value is -1.89. The highest BCUT2D eigenvalue weighted by atomic mass is 79.9. The molecule has 0 aliphatic carbocycles. The van der Waals surface area contributed by atoms with Crippen molar-refractivity contribution >= 4 is 33.7 Å². The number of amides is 2. The van der Waals surface area contributed by atoms with Gasteiger partial charge in [0.25, 0.3) is 11.8 Å². The lowest BCUT2D eigenvalue weighted by Gasteiger charge is -2.20. The molecule has 0 saturated carbocycles. The molecule has 0 atom stereocenters. The fourth-order valence-electron chi connectivity index (χ4n) is 1.65. The van der Waals surface area contributed by atoms with Gasteiger partial charge in [-0.1, -0.05) is 15.9 Å². The van der Waals surface area contributed by atoms with Crippen molar-refractivity contribution in [1.29, 1.82) is 0 Å². The zero-order chi connectivity index (χ0) is 17.5. The van der Waals surface area contributed by atoms with Crippen LogP contribution in [0.15, 0.2) is 28.7 Å². The van der Waals surface area contributed by atoms with E-state index in [-0.39, 0.29) is 36.9 Å². The summed E-state index contributed by atoms with van der Waals surface area (Å²) in [5.74, 6) is -1.16. The number of halogens is 1. The van der Waals surface area contributed by atoms with Crippen LogP contribution in [0.5, 0.6) is 0 Å². The van der Waals surface area contributed by atoms with Crippen LogP contribution in [0.1, 0.15) is 37.6 Å². The molecule has 0 spiro atoms. The topological polar surface area (TPSA) is 84.5 Å². The molecule has 1 aromatic carbocycles. The van der Waals surface area contributed by atoms with Gasteiger partial charge >= 0.3 is 5.97 Å². The van der Waals surface area contributed by atoms with E-state index in [1.807, 2.05) is 20.8 Å². The van der Waals surface area contributed by atoms with Crippen LogP contribution in [0.25, 0.3) is 0 Å². The highest BCUT2D eigenvalue weighted by Crippen LogP contribution is 2.10. The van der Waals surface area contributed by atoms with Crippen molar-refractivity contribution < 1.29 is 19.1 Å². The highest BCUT2D eigenvalue weighted by Gasteiger charge is 2.15. The van der Waals surface area contributed by atoms with E-state index in [2.05, 4.69) is 26.6 Å². The number of benzene rings is 1. The minimum Gasteiger partial charge on any atom is -0.456 e. The fraction of sp³-hybridized carbons (Fsp3) is 0.438. The molecular formula is C16H21BrN2O4. The van der Waals surface area contributed by atoms with Crippen LogP contribution in [-0.2, 0) is 14.3 Å². The first-order valence-corrected chi connectivity index (χ1v) is 7.97. The molecule has 2 N–H and O–H groups in total. The van der Waals surface area contributed by atoms with Gasteiger partial charge in [0.1, 0.15) is 0 Å². The molecule has 0 aromatic heterocycles. The Balaban J connectivity index is 2.25. The van der Waals surface area contributed by atoms with Crippen molar-refractivity contribution in [1.82, 2.24) is 10.6 Å². The summed E-state index contributed by atoms with van der Waals surface area (Å²) in [6, 6.07) is 6.87. The van der Waals surface area contributed by atoms with Crippen LogP contribution in [0, 0.1) is 0 Å². The zero-order valence-electron chi connectivity index (χ0n) is 13.4. The van der Waals surface area contributed by atoms with Crippen molar-refractivity contribution in [2.75, 3.05) is 13.2 Å². The summed E-state index contributed by atoms with van der Waals surface area (Å²) in [5, 5.41) is 5.30. The van der Waals surface area contributed by atoms with E-state index in [1.54, 1.807) is 24.3 Å². The summed E-state index contributed by atoms with van der Waals surface area (Å²) in [4.78, 5) is 34.8. The van der Waals surface area contributed by atoms with Crippen LogP contribution >= 0.6 is 15.9 Å². The summed E-state index contributed by atoms with van der Waals surface area (Å²) in [6.45, 7) is 5.34. The predicted molar refractivity (Wildman–Crippen MR) is 89.9 cm³/mol. The van der Waals surface area contributed by atoms with Gasteiger partial charge in [-0.2, -0.15) is 0 Å². The Morgan fingerprint density at radius 1 is 1.13 bits per heavy atom. The lowest BCUT2D eigenvalue weighted by molar-refractivity contribution is -0.148. The number of rotatable bonds is 6. The standard InChI is InChI=1S/C16H21BrN2O4/c1-16(2,3)19-13(20)10-23-14(21)8-9-18-15(22)11-4-6-12(17)7-5-11/h4-7H,8-10H2,1-3H3,(H,18,22)(H,19,20). The normalized spacial score (nSPS) is 10.8. The quantitative estimate of drug-likeness (QED) is 0.734. The largest absolute Gasteiger partial charge is 0.456 e. The summed E-state index contributed by atoms with van der Waals surface area (Å²) in [7, 11) is 0. The van der Waals surface area contributed by atoms with Crippen LogP contribution in [-0.4, -0.2) is 36.5 Å². The van der Waals surface area contributed by atoms with E-state index in [9.17, 15) is 14.4 Å². The molecule has 6 nitrogen and oxygen atoms in total. The van der Waals surface area contributed by atoms with Crippen molar-refractivity contribution in [2.24, 2.45) is 0 Å². The number of carbonyl (C=O) groups is 3. The maximum absolute atomic E-state index is 11.8. The maximum atomic E-state index is 11.8. The zero-order valence-corrected chi connectivity index (χ0v) is 15.0. The van der Waals surface area contributed by atoms with Crippen molar-refractivity contribution in [3.8, 4) is 0 Å². The van der Waals surface area contributed by atoms with E-state index < -0.39 is 5.97 Å². The molecule has 7 heteroatoms. The molecular weight excluding hydrogens is 364 g/mol. The number of carbonyl (C=O) groups excluding carboxylic acids is 3. The lowest BCUT2D eigenvalue weighted by atomic mass is 10.1. The van der Waals surface area contributed by atoms with E-state index >= 15 is 0 Å². The molecule has 23 heavy (non-hydrogen) atoms. The second-order valence-electron chi connectivity index (χ2n) is 5.97. The third-order valence-electron chi connectivity index (χ3n) is 2.60. The first-order chi connectivity index (χ1) is 10.7. The van der Waals surface area contributed by atoms with Crippen LogP contribution in [0.2, 0.25) is 0 Å². The first-order valence-electron chi connectivity index (χ1n) is 7.18. The molecule has 0 radical (unpaired) electrons. The number of ether oxygens (including phenoxy) is 1. The summed E-state index contributed by atoms with van der Waals surface area (Å²) in [6.07, 6.45) is 0.00503. The summed E-state index contributed by atoms with van der Waals surface area (Å²) >= 11 is 3.29. The lowest BCUT2D eigenvalue weighted by Crippen LogP contribution is -2.42. The number of hydrogen-bond donors (Lipinski definition) is 2. The molecule has 1 rings (SSSR count). The Labute approximate surface area is 144 Å². The van der Waals surface area contributed by atoms with Gasteiger partial charge in [-0.3, -0.25) is 14.4 Å². The molecule has 0 bridgehead atoms. The maximum Gasteiger partial charge on any atom is 0.308 e. The summed E-state index contributed by atoms with van der Waals surface area (Å²) < 4.78 is 5.73. The number of nitrogens with one attached hydrogen (secondary N) is 2. The van der Waals surface area contributed by atoms with Gasteiger partial charge < -0.3 is 15.4 Å². The monoisotopic (exact) mass is 384 g/mol. The average Bonchev–Trinajstić information content (AvgIpc) is 2.44. The van der Waals surface area contributed by atoms with Crippen LogP contribution in [0.4, 0.5) is 0 Å². The van der Waals surface area contributed by atoms with E-state index in [0.29, 0.717) is 5.56 Å². The fourth-order valence-corrected chi connectivity index (χ4v) is 1.92. The van der Waals surface area contributed by atoms with Gasteiger partial charge in [0.2, 0.25) is 0 Å². The average molecular weight is 385 g/mol. The molecule has 2 amide bonds. The van der Waals surface area contributed by atoms with Gasteiger partial charge in [0.05, 0.1) is 6.42 Å². The Morgan fingerprint density at radius 3 is 2.30 bits per heavy atom. The Bertz CT molecular complexity index is 564. The molecule has 0 aliphatic heterocycles. The molecule has 126 valence electrons. The third kappa shape index (κ3) is 8.35. The minimum atomic E-state index is -0.537. The SMILES string of the molecule is CC(C)(C)NC(=O)COC(=O)CCNC(=O)c1ccc(Br)cc1. The van der Waals surface area contributed by atoms with Crippen molar-refractivity contribution in [3.63, 3.8) is 0 Å². The van der Waals surface area contributed by atoms with Crippen molar-refractivity contribution in [2.45, 2.75) is 32.7 Å². The molecule has 0 unspecified atom stereocenters. The molecule has 1 aromatic rings. The van der Waals surface area contributed by atoms with Crippen LogP contribution in [0.3, 0.4) is 0 Å². The first kappa shape index (κ1) is 19.2. The van der Waals surface area contributed by atoms with Gasteiger partial charge in [-0.15, -0.1) is 0 Å². The van der Waals surface area contributed by atoms with Gasteiger partial charge in [0, 0.05) is 22.1 Å². The van der Waals surface area contributed by atoms with E-state index in [0.717, 1.165) is 4.47 Å². The Morgan fingerprint density at radius 2 is 1.74 bits per heavy atom. The van der Waals surface area contributed by atoms with E-state index in [1.165, 1.54) is 0 Å².